The molecule has 0 saturated carbocycles. The second kappa shape index (κ2) is 12.6. The highest BCUT2D eigenvalue weighted by molar-refractivity contribution is 7.95. The zero-order valence-corrected chi connectivity index (χ0v) is 15.0. The Hall–Kier alpha value is -0.945. The molecule has 0 radical (unpaired) electrons. The Balaban J connectivity index is 0.000000326. The number of halogens is 1. The van der Waals surface area contributed by atoms with Crippen LogP contribution in [0.4, 0.5) is 4.32 Å². The molecule has 2 nitrogen and oxygen atoms in total. The van der Waals surface area contributed by atoms with Crippen molar-refractivity contribution in [3.63, 3.8) is 0 Å². The fourth-order valence-electron chi connectivity index (χ4n) is 1.39. The van der Waals surface area contributed by atoms with Crippen LogP contribution in [0.5, 0.6) is 0 Å². The monoisotopic (exact) mass is 340 g/mol. The zero-order chi connectivity index (χ0) is 17.0. The predicted molar refractivity (Wildman–Crippen MR) is 94.7 cm³/mol. The van der Waals surface area contributed by atoms with Gasteiger partial charge in [0.15, 0.2) is 9.79 Å². The molecule has 0 atom stereocenters. The van der Waals surface area contributed by atoms with Gasteiger partial charge in [-0.15, -0.1) is 0 Å². The van der Waals surface area contributed by atoms with Crippen molar-refractivity contribution in [2.45, 2.75) is 9.79 Å². The van der Waals surface area contributed by atoms with E-state index in [0.29, 0.717) is 21.8 Å². The normalized spacial score (nSPS) is 9.50. The van der Waals surface area contributed by atoms with E-state index in [0.717, 1.165) is 0 Å². The highest BCUT2D eigenvalue weighted by Crippen LogP contribution is 2.06. The van der Waals surface area contributed by atoms with E-state index >= 15 is 0 Å². The minimum Gasteiger partial charge on any atom is -0.867 e. The van der Waals surface area contributed by atoms with Crippen molar-refractivity contribution in [3.05, 3.63) is 60.7 Å². The third-order valence-corrected chi connectivity index (χ3v) is 4.86. The van der Waals surface area contributed by atoms with Gasteiger partial charge >= 0.3 is 0 Å². The fraction of sp³-hybridized carbons (Fsp3) is 0.250. The lowest BCUT2D eigenvalue weighted by molar-refractivity contribution is -0.366. The van der Waals surface area contributed by atoms with Crippen molar-refractivity contribution < 1.29 is 14.4 Å². The first-order valence-corrected chi connectivity index (χ1v) is 10.6. The standard InChI is InChI=1S/2C8H11S.BFO2/c2*1-9(2)8-6-4-3-5-7-8;2-1(3)4/h2*3-7H,1-2H3;/q2*+1;-2. The van der Waals surface area contributed by atoms with Crippen LogP contribution < -0.4 is 10.0 Å². The Bertz CT molecular complexity index is 436. The van der Waals surface area contributed by atoms with E-state index in [1.807, 2.05) is 0 Å². The van der Waals surface area contributed by atoms with Crippen LogP contribution in [0.15, 0.2) is 70.5 Å². The van der Waals surface area contributed by atoms with Gasteiger partial charge in [0, 0.05) is 21.8 Å². The summed E-state index contributed by atoms with van der Waals surface area (Å²) in [5.41, 5.74) is 0. The molecule has 120 valence electrons. The van der Waals surface area contributed by atoms with Gasteiger partial charge in [-0.05, 0) is 24.3 Å². The Morgan fingerprint density at radius 3 is 1.05 bits per heavy atom. The summed E-state index contributed by atoms with van der Waals surface area (Å²) < 4.78 is 9.89. The van der Waals surface area contributed by atoms with Gasteiger partial charge in [0.05, 0.1) is 0 Å². The van der Waals surface area contributed by atoms with Gasteiger partial charge in [-0.25, -0.2) is 0 Å². The quantitative estimate of drug-likeness (QED) is 0.615. The average molecular weight is 340 g/mol. The first kappa shape index (κ1) is 21.1. The van der Waals surface area contributed by atoms with Crippen molar-refractivity contribution >= 4 is 29.2 Å². The topological polar surface area (TPSA) is 46.1 Å². The van der Waals surface area contributed by atoms with Crippen LogP contribution in [0, 0.1) is 0 Å². The summed E-state index contributed by atoms with van der Waals surface area (Å²) in [7, 11) is -2.32. The first-order valence-electron chi connectivity index (χ1n) is 6.55. The smallest absolute Gasteiger partial charge is 0.154 e. The van der Waals surface area contributed by atoms with Gasteiger partial charge in [0.2, 0.25) is 0 Å². The third-order valence-electron chi connectivity index (χ3n) is 2.43. The van der Waals surface area contributed by atoms with Gasteiger partial charge < -0.3 is 14.4 Å². The second-order valence-corrected chi connectivity index (χ2v) is 8.74. The second-order valence-electron chi connectivity index (χ2n) is 4.53. The molecule has 0 fully saturated rings. The molecule has 0 N–H and O–H groups in total. The van der Waals surface area contributed by atoms with Crippen LogP contribution in [0.2, 0.25) is 0 Å². The van der Waals surface area contributed by atoms with Gasteiger partial charge in [-0.2, -0.15) is 0 Å². The summed E-state index contributed by atoms with van der Waals surface area (Å²) in [6.45, 7) is 0. The van der Waals surface area contributed by atoms with Crippen LogP contribution in [-0.4, -0.2) is 32.4 Å². The van der Waals surface area contributed by atoms with Crippen molar-refractivity contribution in [2.75, 3.05) is 25.0 Å². The summed E-state index contributed by atoms with van der Waals surface area (Å²) in [5, 5.41) is 16.6. The molecule has 0 aliphatic heterocycles. The molecule has 0 aliphatic rings. The third kappa shape index (κ3) is 11.7. The zero-order valence-electron chi connectivity index (χ0n) is 13.4. The van der Waals surface area contributed by atoms with Crippen molar-refractivity contribution in [3.8, 4) is 0 Å². The van der Waals surface area contributed by atoms with Gasteiger partial charge in [0.25, 0.3) is 0 Å². The molecule has 0 bridgehead atoms. The molecule has 0 saturated heterocycles. The number of benzene rings is 2. The molecule has 0 aromatic heterocycles. The van der Waals surface area contributed by atoms with Crippen LogP contribution in [-0.2, 0) is 21.8 Å². The van der Waals surface area contributed by atoms with E-state index in [1.54, 1.807) is 0 Å². The highest BCUT2D eigenvalue weighted by Gasteiger charge is 2.04. The van der Waals surface area contributed by atoms with E-state index in [9.17, 15) is 4.32 Å². The van der Waals surface area contributed by atoms with Crippen molar-refractivity contribution in [2.24, 2.45) is 0 Å². The van der Waals surface area contributed by atoms with Crippen LogP contribution in [0.1, 0.15) is 0 Å². The van der Waals surface area contributed by atoms with Crippen molar-refractivity contribution in [1.29, 1.82) is 0 Å². The molecule has 6 heteroatoms. The molecule has 22 heavy (non-hydrogen) atoms. The SMILES string of the molecule is C[S+](C)c1ccccc1.C[S+](C)c1ccccc1.[O-]B([O-])F. The largest absolute Gasteiger partial charge is 0.867 e. The van der Waals surface area contributed by atoms with Crippen LogP contribution in [0.3, 0.4) is 0 Å². The minimum atomic E-state index is -3.17. The fourth-order valence-corrected chi connectivity index (χ4v) is 2.79. The number of hydrogen-bond acceptors (Lipinski definition) is 2. The Labute approximate surface area is 139 Å². The Kier molecular flexibility index (Phi) is 12.0. The van der Waals surface area contributed by atoms with E-state index in [4.69, 9.17) is 10.0 Å². The molecule has 0 aliphatic carbocycles. The summed E-state index contributed by atoms with van der Waals surface area (Å²) in [4.78, 5) is 2.88. The lowest BCUT2D eigenvalue weighted by Crippen LogP contribution is -2.39. The lowest BCUT2D eigenvalue weighted by Gasteiger charge is -2.09. The molecule has 2 rings (SSSR count). The van der Waals surface area contributed by atoms with Crippen molar-refractivity contribution in [1.82, 2.24) is 0 Å². The number of hydrogen-bond donors (Lipinski definition) is 0. The molecule has 2 aromatic rings. The summed E-state index contributed by atoms with van der Waals surface area (Å²) in [6.07, 6.45) is 8.93. The Morgan fingerprint density at radius 1 is 0.682 bits per heavy atom. The maximum absolute atomic E-state index is 9.89. The van der Waals surface area contributed by atoms with E-state index in [-0.39, 0.29) is 0 Å². The predicted octanol–water partition coefficient (Wildman–Crippen LogP) is 1.51. The van der Waals surface area contributed by atoms with Crippen LogP contribution in [0.25, 0.3) is 0 Å². The van der Waals surface area contributed by atoms with Crippen LogP contribution >= 0.6 is 0 Å². The van der Waals surface area contributed by atoms with E-state index < -0.39 is 7.40 Å². The number of rotatable bonds is 2. The van der Waals surface area contributed by atoms with Gasteiger partial charge in [-0.3, -0.25) is 0 Å². The molecular weight excluding hydrogens is 318 g/mol. The maximum Gasteiger partial charge on any atom is 0.154 e. The summed E-state index contributed by atoms with van der Waals surface area (Å²) >= 11 is 0. The molecule has 0 unspecified atom stereocenters. The highest BCUT2D eigenvalue weighted by atomic mass is 32.2. The summed E-state index contributed by atoms with van der Waals surface area (Å²) in [6, 6.07) is 21.1. The lowest BCUT2D eigenvalue weighted by atomic mass is 10.3. The molecule has 0 spiro atoms. The molecule has 2 aromatic carbocycles. The molecule has 0 heterocycles. The van der Waals surface area contributed by atoms with Gasteiger partial charge in [-0.1, -0.05) is 36.4 Å². The minimum absolute atomic E-state index is 0.421. The maximum atomic E-state index is 9.89. The Morgan fingerprint density at radius 2 is 0.909 bits per heavy atom. The molecule has 0 amide bonds. The van der Waals surface area contributed by atoms with Gasteiger partial charge in [0.1, 0.15) is 32.4 Å². The van der Waals surface area contributed by atoms with E-state index in [2.05, 4.69) is 85.7 Å². The first-order chi connectivity index (χ1) is 10.3. The van der Waals surface area contributed by atoms with E-state index in [1.165, 1.54) is 9.79 Å². The summed E-state index contributed by atoms with van der Waals surface area (Å²) in [5.74, 6) is 0. The average Bonchev–Trinajstić information content (AvgIpc) is 2.49. The molecular formula is C16H22BFO2S2.